The second kappa shape index (κ2) is 12.3. The maximum absolute atomic E-state index is 13.1. The lowest BCUT2D eigenvalue weighted by molar-refractivity contribution is -0.132. The first-order valence-corrected chi connectivity index (χ1v) is 12.6. The van der Waals surface area contributed by atoms with E-state index in [1.54, 1.807) is 54.7 Å². The third-order valence-electron chi connectivity index (χ3n) is 5.29. The molecule has 0 bridgehead atoms. The molecule has 0 aliphatic rings. The fourth-order valence-electron chi connectivity index (χ4n) is 3.35. The number of pyridine rings is 1. The number of nitrogens with one attached hydrogen (secondary N) is 3. The van der Waals surface area contributed by atoms with Crippen LogP contribution in [0.2, 0.25) is 0 Å². The molecule has 9 nitrogen and oxygen atoms in total. The van der Waals surface area contributed by atoms with Crippen molar-refractivity contribution in [2.24, 2.45) is 0 Å². The van der Waals surface area contributed by atoms with Crippen molar-refractivity contribution in [3.05, 3.63) is 96.1 Å². The average molecular weight is 515 g/mol. The highest BCUT2D eigenvalue weighted by atomic mass is 32.2. The summed E-state index contributed by atoms with van der Waals surface area (Å²) in [5.41, 5.74) is 1.34. The van der Waals surface area contributed by atoms with Crippen LogP contribution in [-0.4, -0.2) is 48.5 Å². The van der Waals surface area contributed by atoms with Crippen molar-refractivity contribution in [3.63, 3.8) is 0 Å². The molecule has 3 unspecified atom stereocenters. The van der Waals surface area contributed by atoms with Crippen LogP contribution in [0.15, 0.2) is 83.9 Å². The Morgan fingerprint density at radius 1 is 0.972 bits per heavy atom. The first-order chi connectivity index (χ1) is 17.2. The Kier molecular flexibility index (Phi) is 9.23. The van der Waals surface area contributed by atoms with Crippen LogP contribution in [0.5, 0.6) is 0 Å². The van der Waals surface area contributed by atoms with Gasteiger partial charge in [0.1, 0.15) is 5.82 Å². The predicted molar refractivity (Wildman–Crippen MR) is 130 cm³/mol. The van der Waals surface area contributed by atoms with E-state index in [2.05, 4.69) is 20.3 Å². The van der Waals surface area contributed by atoms with Crippen molar-refractivity contribution in [2.45, 2.75) is 43.0 Å². The van der Waals surface area contributed by atoms with E-state index in [0.717, 1.165) is 29.8 Å². The third-order valence-corrected chi connectivity index (χ3v) is 6.85. The fraction of sp³-hybridized carbons (Fsp3) is 0.240. The molecule has 36 heavy (non-hydrogen) atoms. The minimum Gasteiger partial charge on any atom is -0.381 e. The molecule has 11 heteroatoms. The molecule has 2 aromatic carbocycles. The highest BCUT2D eigenvalue weighted by molar-refractivity contribution is 7.89. The zero-order chi connectivity index (χ0) is 26.1. The second-order valence-electron chi connectivity index (χ2n) is 8.09. The normalized spacial score (nSPS) is 13.9. The summed E-state index contributed by atoms with van der Waals surface area (Å²) in [6.45, 7) is 1.40. The number of carbonyl (C=O) groups excluding carboxylic acids is 2. The molecule has 190 valence electrons. The summed E-state index contributed by atoms with van der Waals surface area (Å²) < 4.78 is 40.5. The van der Waals surface area contributed by atoms with Gasteiger partial charge in [-0.25, -0.2) is 12.8 Å². The van der Waals surface area contributed by atoms with E-state index in [-0.39, 0.29) is 17.9 Å². The van der Waals surface area contributed by atoms with Gasteiger partial charge in [0.05, 0.1) is 29.2 Å². The Balaban J connectivity index is 1.70. The smallest absolute Gasteiger partial charge is 0.251 e. The van der Waals surface area contributed by atoms with Gasteiger partial charge < -0.3 is 15.7 Å². The molecular weight excluding hydrogens is 487 g/mol. The number of aliphatic hydroxyl groups excluding tert-OH is 1. The van der Waals surface area contributed by atoms with Gasteiger partial charge in [0.15, 0.2) is 6.10 Å². The van der Waals surface area contributed by atoms with E-state index in [9.17, 15) is 27.5 Å². The number of nitrogens with zero attached hydrogens (tertiary/aromatic N) is 1. The van der Waals surface area contributed by atoms with E-state index in [1.807, 2.05) is 0 Å². The van der Waals surface area contributed by atoms with Crippen LogP contribution in [-0.2, 0) is 32.6 Å². The van der Waals surface area contributed by atoms with Crippen LogP contribution in [0, 0.1) is 5.82 Å². The number of rotatable bonds is 11. The van der Waals surface area contributed by atoms with E-state index >= 15 is 0 Å². The van der Waals surface area contributed by atoms with Gasteiger partial charge in [0.25, 0.3) is 5.91 Å². The molecule has 3 aromatic rings. The molecule has 0 aliphatic carbocycles. The minimum atomic E-state index is -4.12. The molecule has 0 saturated carbocycles. The van der Waals surface area contributed by atoms with Gasteiger partial charge in [-0.05, 0) is 55.3 Å². The van der Waals surface area contributed by atoms with Crippen molar-refractivity contribution < 1.29 is 27.5 Å². The SMILES string of the molecule is CC(NS(=O)(=O)c1ccc(F)cc1)C(=O)NC(Cc1ccccc1)C(O)C(=O)NCc1ccccn1. The van der Waals surface area contributed by atoms with Gasteiger partial charge in [-0.15, -0.1) is 0 Å². The van der Waals surface area contributed by atoms with Crippen LogP contribution in [0.25, 0.3) is 0 Å². The van der Waals surface area contributed by atoms with Gasteiger partial charge in [-0.2, -0.15) is 4.72 Å². The molecule has 0 aliphatic heterocycles. The van der Waals surface area contributed by atoms with E-state index in [0.29, 0.717) is 5.69 Å². The summed E-state index contributed by atoms with van der Waals surface area (Å²) in [5, 5.41) is 15.9. The Bertz CT molecular complexity index is 1260. The van der Waals surface area contributed by atoms with Crippen molar-refractivity contribution >= 4 is 21.8 Å². The second-order valence-corrected chi connectivity index (χ2v) is 9.80. The highest BCUT2D eigenvalue weighted by Gasteiger charge is 2.30. The summed E-state index contributed by atoms with van der Waals surface area (Å²) in [5.74, 6) is -2.07. The molecule has 0 saturated heterocycles. The third kappa shape index (κ3) is 7.67. The first kappa shape index (κ1) is 26.9. The number of amides is 2. The van der Waals surface area contributed by atoms with Crippen molar-refractivity contribution in [1.82, 2.24) is 20.3 Å². The number of benzene rings is 2. The van der Waals surface area contributed by atoms with E-state index < -0.39 is 45.8 Å². The lowest BCUT2D eigenvalue weighted by atomic mass is 10.00. The van der Waals surface area contributed by atoms with Crippen molar-refractivity contribution in [1.29, 1.82) is 0 Å². The standard InChI is InChI=1S/C25H27FN4O5S/c1-17(30-36(34,35)21-12-10-19(26)11-13-21)24(32)29-22(15-18-7-3-2-4-8-18)23(31)25(33)28-16-20-9-5-6-14-27-20/h2-14,17,22-23,30-31H,15-16H2,1H3,(H,28,33)(H,29,32). The Hall–Kier alpha value is -3.67. The van der Waals surface area contributed by atoms with Gasteiger partial charge >= 0.3 is 0 Å². The van der Waals surface area contributed by atoms with E-state index in [4.69, 9.17) is 0 Å². The quantitative estimate of drug-likeness (QED) is 0.304. The summed E-state index contributed by atoms with van der Waals surface area (Å²) >= 11 is 0. The lowest BCUT2D eigenvalue weighted by Crippen LogP contribution is -2.55. The Morgan fingerprint density at radius 2 is 1.64 bits per heavy atom. The van der Waals surface area contributed by atoms with E-state index in [1.165, 1.54) is 6.92 Å². The van der Waals surface area contributed by atoms with Gasteiger partial charge in [0.2, 0.25) is 15.9 Å². The van der Waals surface area contributed by atoms with Crippen LogP contribution >= 0.6 is 0 Å². The number of aromatic nitrogens is 1. The monoisotopic (exact) mass is 514 g/mol. The van der Waals surface area contributed by atoms with Crippen LogP contribution in [0.3, 0.4) is 0 Å². The Morgan fingerprint density at radius 3 is 2.28 bits per heavy atom. The molecule has 4 N–H and O–H groups in total. The number of hydrogen-bond acceptors (Lipinski definition) is 6. The van der Waals surface area contributed by atoms with Gasteiger partial charge in [-0.1, -0.05) is 36.4 Å². The molecule has 3 atom stereocenters. The molecule has 2 amide bonds. The summed E-state index contributed by atoms with van der Waals surface area (Å²) in [6.07, 6.45) is 0.0613. The fourth-order valence-corrected chi connectivity index (χ4v) is 4.56. The van der Waals surface area contributed by atoms with Crippen LogP contribution < -0.4 is 15.4 Å². The zero-order valence-electron chi connectivity index (χ0n) is 19.5. The molecular formula is C25H27FN4O5S. The number of carbonyl (C=O) groups is 2. The van der Waals surface area contributed by atoms with Gasteiger partial charge in [0, 0.05) is 6.20 Å². The molecule has 0 radical (unpaired) electrons. The van der Waals surface area contributed by atoms with Crippen LogP contribution in [0.1, 0.15) is 18.2 Å². The molecule has 0 fully saturated rings. The molecule has 1 heterocycles. The van der Waals surface area contributed by atoms with Crippen molar-refractivity contribution in [3.8, 4) is 0 Å². The highest BCUT2D eigenvalue weighted by Crippen LogP contribution is 2.11. The largest absolute Gasteiger partial charge is 0.381 e. The number of aliphatic hydroxyl groups is 1. The topological polar surface area (TPSA) is 137 Å². The Labute approximate surface area is 208 Å². The minimum absolute atomic E-state index is 0.0800. The average Bonchev–Trinajstić information content (AvgIpc) is 2.87. The zero-order valence-corrected chi connectivity index (χ0v) is 20.3. The number of sulfonamides is 1. The first-order valence-electron chi connectivity index (χ1n) is 11.1. The predicted octanol–water partition coefficient (Wildman–Crippen LogP) is 1.29. The van der Waals surface area contributed by atoms with Crippen LogP contribution in [0.4, 0.5) is 4.39 Å². The van der Waals surface area contributed by atoms with Crippen molar-refractivity contribution in [2.75, 3.05) is 0 Å². The molecule has 0 spiro atoms. The molecule has 3 rings (SSSR count). The van der Waals surface area contributed by atoms with Gasteiger partial charge in [-0.3, -0.25) is 14.6 Å². The number of halogens is 1. The maximum atomic E-state index is 13.1. The number of hydrogen-bond donors (Lipinski definition) is 4. The molecule has 1 aromatic heterocycles. The maximum Gasteiger partial charge on any atom is 0.251 e. The summed E-state index contributed by atoms with van der Waals surface area (Å²) in [6, 6.07) is 16.0. The summed E-state index contributed by atoms with van der Waals surface area (Å²) in [4.78, 5) is 29.4. The lowest BCUT2D eigenvalue weighted by Gasteiger charge is -2.25. The summed E-state index contributed by atoms with van der Waals surface area (Å²) in [7, 11) is -4.12.